The minimum Gasteiger partial charge on any atom is -0.275 e. The van der Waals surface area contributed by atoms with Crippen LogP contribution in [0, 0.1) is 11.6 Å². The molecule has 1 heterocycles. The molecule has 1 aromatic heterocycles. The molecule has 3 nitrogen and oxygen atoms in total. The van der Waals surface area contributed by atoms with Crippen LogP contribution in [-0.2, 0) is 0 Å². The molecule has 0 saturated carbocycles. The summed E-state index contributed by atoms with van der Waals surface area (Å²) in [6.07, 6.45) is 2.83. The first-order chi connectivity index (χ1) is 9.49. The fourth-order valence-electron chi connectivity index (χ4n) is 1.44. The summed E-state index contributed by atoms with van der Waals surface area (Å²) in [5, 5.41) is 4.65. The number of rotatable bonds is 3. The number of hydrogen-bond donors (Lipinski definition) is 1. The van der Waals surface area contributed by atoms with Crippen LogP contribution in [0.4, 0.5) is 14.5 Å². The zero-order valence-corrected chi connectivity index (χ0v) is 11.8. The first-order valence-corrected chi connectivity index (χ1v) is 6.29. The average molecular weight is 316 g/mol. The van der Waals surface area contributed by atoms with Gasteiger partial charge in [0.1, 0.15) is 0 Å². The maximum atomic E-state index is 13.1. The minimum absolute atomic E-state index is 0.305. The summed E-state index contributed by atoms with van der Waals surface area (Å²) in [4.78, 5) is 3.81. The molecule has 0 amide bonds. The molecule has 0 fully saturated rings. The number of hydrazone groups is 1. The molecule has 7 heteroatoms. The Hall–Kier alpha value is -1.72. The van der Waals surface area contributed by atoms with Crippen molar-refractivity contribution in [1.82, 2.24) is 4.98 Å². The van der Waals surface area contributed by atoms with Crippen LogP contribution in [0.25, 0.3) is 0 Å². The third-order valence-electron chi connectivity index (χ3n) is 2.53. The summed E-state index contributed by atoms with van der Waals surface area (Å²) in [7, 11) is 0. The van der Waals surface area contributed by atoms with E-state index in [1.807, 2.05) is 0 Å². The molecule has 0 aliphatic heterocycles. The Morgan fingerprint density at radius 1 is 1.15 bits per heavy atom. The number of hydrogen-bond acceptors (Lipinski definition) is 3. The Morgan fingerprint density at radius 3 is 2.40 bits per heavy atom. The van der Waals surface area contributed by atoms with E-state index in [0.29, 0.717) is 27.0 Å². The van der Waals surface area contributed by atoms with Gasteiger partial charge >= 0.3 is 0 Å². The zero-order chi connectivity index (χ0) is 14.7. The maximum absolute atomic E-state index is 13.1. The normalized spacial score (nSPS) is 11.6. The number of nitrogens with one attached hydrogen (secondary N) is 1. The highest BCUT2D eigenvalue weighted by Gasteiger charge is 2.07. The van der Waals surface area contributed by atoms with Gasteiger partial charge in [-0.05, 0) is 25.1 Å². The Kier molecular flexibility index (Phi) is 4.52. The van der Waals surface area contributed by atoms with Crippen molar-refractivity contribution in [2.45, 2.75) is 6.92 Å². The monoisotopic (exact) mass is 315 g/mol. The van der Waals surface area contributed by atoms with Crippen molar-refractivity contribution in [3.05, 3.63) is 57.8 Å². The quantitative estimate of drug-likeness (QED) is 0.668. The largest absolute Gasteiger partial charge is 0.275 e. The van der Waals surface area contributed by atoms with Gasteiger partial charge in [0.2, 0.25) is 0 Å². The Balaban J connectivity index is 2.25. The van der Waals surface area contributed by atoms with E-state index < -0.39 is 11.6 Å². The van der Waals surface area contributed by atoms with Crippen molar-refractivity contribution in [2.75, 3.05) is 5.43 Å². The molecule has 0 spiro atoms. The predicted molar refractivity (Wildman–Crippen MR) is 76.4 cm³/mol. The molecule has 0 aliphatic rings. The number of anilines is 1. The third kappa shape index (κ3) is 3.23. The molecule has 1 N–H and O–H groups in total. The molecule has 0 saturated heterocycles. The van der Waals surface area contributed by atoms with Gasteiger partial charge in [-0.2, -0.15) is 5.10 Å². The van der Waals surface area contributed by atoms with Gasteiger partial charge in [-0.15, -0.1) is 0 Å². The van der Waals surface area contributed by atoms with Gasteiger partial charge < -0.3 is 0 Å². The fraction of sp³-hybridized carbons (Fsp3) is 0.0769. The smallest absolute Gasteiger partial charge is 0.159 e. The van der Waals surface area contributed by atoms with Crippen LogP contribution < -0.4 is 5.43 Å². The second kappa shape index (κ2) is 6.15. The highest BCUT2D eigenvalue weighted by Crippen LogP contribution is 2.28. The number of aromatic nitrogens is 1. The van der Waals surface area contributed by atoms with Crippen LogP contribution in [0.1, 0.15) is 12.5 Å². The average Bonchev–Trinajstić information content (AvgIpc) is 2.41. The molecule has 2 rings (SSSR count). The SMILES string of the molecule is C/C(=N\Nc1c(Cl)cncc1Cl)c1ccc(F)c(F)c1. The second-order valence-electron chi connectivity index (χ2n) is 3.92. The fourth-order valence-corrected chi connectivity index (χ4v) is 1.89. The first-order valence-electron chi connectivity index (χ1n) is 5.53. The first kappa shape index (κ1) is 14.7. The summed E-state index contributed by atoms with van der Waals surface area (Å²) in [6.45, 7) is 1.64. The van der Waals surface area contributed by atoms with E-state index in [9.17, 15) is 8.78 Å². The Bertz CT molecular complexity index is 654. The van der Waals surface area contributed by atoms with Crippen molar-refractivity contribution in [3.8, 4) is 0 Å². The van der Waals surface area contributed by atoms with Crippen molar-refractivity contribution in [3.63, 3.8) is 0 Å². The summed E-state index contributed by atoms with van der Waals surface area (Å²) in [6, 6.07) is 3.52. The van der Waals surface area contributed by atoms with E-state index in [1.54, 1.807) is 6.92 Å². The summed E-state index contributed by atoms with van der Waals surface area (Å²) >= 11 is 11.8. The lowest BCUT2D eigenvalue weighted by molar-refractivity contribution is 0.508. The summed E-state index contributed by atoms with van der Waals surface area (Å²) < 4.78 is 26.0. The lowest BCUT2D eigenvalue weighted by Gasteiger charge is -2.07. The molecule has 104 valence electrons. The highest BCUT2D eigenvalue weighted by atomic mass is 35.5. The number of benzene rings is 1. The Labute approximate surface area is 124 Å². The van der Waals surface area contributed by atoms with Crippen LogP contribution in [0.3, 0.4) is 0 Å². The van der Waals surface area contributed by atoms with Gasteiger partial charge in [-0.1, -0.05) is 23.2 Å². The van der Waals surface area contributed by atoms with Gasteiger partial charge in [0.05, 0.1) is 21.4 Å². The van der Waals surface area contributed by atoms with Gasteiger partial charge in [0.15, 0.2) is 11.6 Å². The van der Waals surface area contributed by atoms with Gasteiger partial charge in [-0.25, -0.2) is 8.78 Å². The van der Waals surface area contributed by atoms with Crippen molar-refractivity contribution in [2.24, 2.45) is 5.10 Å². The molecule has 2 aromatic rings. The molecule has 0 atom stereocenters. The van der Waals surface area contributed by atoms with E-state index in [-0.39, 0.29) is 0 Å². The van der Waals surface area contributed by atoms with Crippen LogP contribution in [0.2, 0.25) is 10.0 Å². The van der Waals surface area contributed by atoms with E-state index >= 15 is 0 Å². The molecular formula is C13H9Cl2F2N3. The topological polar surface area (TPSA) is 37.3 Å². The number of nitrogens with zero attached hydrogens (tertiary/aromatic N) is 2. The van der Waals surface area contributed by atoms with E-state index in [1.165, 1.54) is 18.5 Å². The van der Waals surface area contributed by atoms with Gasteiger partial charge in [-0.3, -0.25) is 10.4 Å². The van der Waals surface area contributed by atoms with E-state index in [4.69, 9.17) is 23.2 Å². The molecule has 0 unspecified atom stereocenters. The minimum atomic E-state index is -0.933. The molecule has 20 heavy (non-hydrogen) atoms. The highest BCUT2D eigenvalue weighted by molar-refractivity contribution is 6.38. The van der Waals surface area contributed by atoms with E-state index in [2.05, 4.69) is 15.5 Å². The zero-order valence-electron chi connectivity index (χ0n) is 10.3. The van der Waals surface area contributed by atoms with Gasteiger partial charge in [0, 0.05) is 18.0 Å². The lowest BCUT2D eigenvalue weighted by atomic mass is 10.1. The van der Waals surface area contributed by atoms with Crippen LogP contribution >= 0.6 is 23.2 Å². The standard InChI is InChI=1S/C13H9Cl2F2N3/c1-7(8-2-3-11(16)12(17)4-8)19-20-13-9(14)5-18-6-10(13)15/h2-6H,1H3,(H,18,20)/b19-7+. The lowest BCUT2D eigenvalue weighted by Crippen LogP contribution is -2.02. The molecular weight excluding hydrogens is 307 g/mol. The van der Waals surface area contributed by atoms with Crippen molar-refractivity contribution < 1.29 is 8.78 Å². The maximum Gasteiger partial charge on any atom is 0.159 e. The van der Waals surface area contributed by atoms with Crippen LogP contribution in [0.5, 0.6) is 0 Å². The van der Waals surface area contributed by atoms with Crippen molar-refractivity contribution in [1.29, 1.82) is 0 Å². The Morgan fingerprint density at radius 2 is 1.80 bits per heavy atom. The second-order valence-corrected chi connectivity index (χ2v) is 4.73. The van der Waals surface area contributed by atoms with Crippen molar-refractivity contribution >= 4 is 34.6 Å². The third-order valence-corrected chi connectivity index (χ3v) is 3.10. The molecule has 0 radical (unpaired) electrons. The molecule has 1 aromatic carbocycles. The van der Waals surface area contributed by atoms with Gasteiger partial charge in [0.25, 0.3) is 0 Å². The number of halogens is 4. The van der Waals surface area contributed by atoms with E-state index in [0.717, 1.165) is 12.1 Å². The molecule has 0 bridgehead atoms. The summed E-state index contributed by atoms with van der Waals surface area (Å²) in [5.74, 6) is -1.84. The van der Waals surface area contributed by atoms with Crippen LogP contribution in [0.15, 0.2) is 35.7 Å². The molecule has 0 aliphatic carbocycles. The van der Waals surface area contributed by atoms with Crippen LogP contribution in [-0.4, -0.2) is 10.7 Å². The summed E-state index contributed by atoms with van der Waals surface area (Å²) in [5.41, 5.74) is 3.97. The predicted octanol–water partition coefficient (Wildman–Crippen LogP) is 4.50. The number of pyridine rings is 1.